The second-order valence-electron chi connectivity index (χ2n) is 5.11. The van der Waals surface area contributed by atoms with Crippen LogP contribution < -0.4 is 4.74 Å². The second-order valence-corrected chi connectivity index (χ2v) is 5.11. The lowest BCUT2D eigenvalue weighted by Crippen LogP contribution is -2.48. The van der Waals surface area contributed by atoms with E-state index in [2.05, 4.69) is 5.10 Å². The van der Waals surface area contributed by atoms with E-state index in [-0.39, 0.29) is 5.91 Å². The molecule has 1 N–H and O–H groups in total. The maximum Gasteiger partial charge on any atom is 0.275 e. The third-order valence-electron chi connectivity index (χ3n) is 3.65. The Morgan fingerprint density at radius 1 is 1.61 bits per heavy atom. The fraction of sp³-hybridized carbons (Fsp3) is 0.667. The molecular weight excluding hydrogens is 234 g/mol. The zero-order chi connectivity index (χ0) is 13.5. The molecule has 1 atom stereocenters. The number of rotatable bonds is 2. The average Bonchev–Trinajstić information content (AvgIpc) is 2.80. The first-order chi connectivity index (χ1) is 8.37. The van der Waals surface area contributed by atoms with Crippen molar-refractivity contribution < 1.29 is 14.6 Å². The van der Waals surface area contributed by atoms with Crippen LogP contribution in [0.25, 0.3) is 0 Å². The van der Waals surface area contributed by atoms with Gasteiger partial charge in [-0.2, -0.15) is 5.10 Å². The van der Waals surface area contributed by atoms with Gasteiger partial charge in [0.1, 0.15) is 0 Å². The molecule has 1 aliphatic rings. The first kappa shape index (κ1) is 12.9. The topological polar surface area (TPSA) is 67.6 Å². The summed E-state index contributed by atoms with van der Waals surface area (Å²) in [6, 6.07) is 1.61. The van der Waals surface area contributed by atoms with Crippen LogP contribution in [0.5, 0.6) is 5.88 Å². The van der Waals surface area contributed by atoms with Crippen molar-refractivity contribution in [2.24, 2.45) is 7.05 Å². The molecule has 1 unspecified atom stereocenters. The highest BCUT2D eigenvalue weighted by Crippen LogP contribution is 2.30. The standard InChI is InChI=1S/C12H19N3O3/c1-12(2)9(16)5-6-15(12)11(17)8-7-10(18-4)14(3)13-8/h7,9,16H,5-6H2,1-4H3. The number of ether oxygens (including phenoxy) is 1. The summed E-state index contributed by atoms with van der Waals surface area (Å²) < 4.78 is 6.61. The Hall–Kier alpha value is -1.56. The minimum absolute atomic E-state index is 0.171. The molecule has 0 spiro atoms. The molecule has 6 nitrogen and oxygen atoms in total. The van der Waals surface area contributed by atoms with E-state index in [0.29, 0.717) is 24.5 Å². The molecule has 1 aromatic rings. The third-order valence-corrected chi connectivity index (χ3v) is 3.65. The van der Waals surface area contributed by atoms with Crippen LogP contribution in [-0.2, 0) is 7.05 Å². The van der Waals surface area contributed by atoms with Crippen molar-refractivity contribution in [3.05, 3.63) is 11.8 Å². The van der Waals surface area contributed by atoms with E-state index in [1.807, 2.05) is 13.8 Å². The van der Waals surface area contributed by atoms with Crippen molar-refractivity contribution >= 4 is 5.91 Å². The van der Waals surface area contributed by atoms with Gasteiger partial charge >= 0.3 is 0 Å². The smallest absolute Gasteiger partial charge is 0.275 e. The summed E-state index contributed by atoms with van der Waals surface area (Å²) in [5, 5.41) is 14.0. The number of carbonyl (C=O) groups excluding carboxylic acids is 1. The first-order valence-electron chi connectivity index (χ1n) is 5.96. The van der Waals surface area contributed by atoms with Gasteiger partial charge in [-0.3, -0.25) is 4.79 Å². The zero-order valence-corrected chi connectivity index (χ0v) is 11.2. The van der Waals surface area contributed by atoms with E-state index in [4.69, 9.17) is 4.74 Å². The maximum atomic E-state index is 12.4. The Kier molecular flexibility index (Phi) is 3.06. The number of aliphatic hydroxyl groups excluding tert-OH is 1. The van der Waals surface area contributed by atoms with Crippen molar-refractivity contribution in [3.8, 4) is 5.88 Å². The van der Waals surface area contributed by atoms with Crippen LogP contribution in [0.3, 0.4) is 0 Å². The molecule has 1 aliphatic heterocycles. The summed E-state index contributed by atoms with van der Waals surface area (Å²) >= 11 is 0. The highest BCUT2D eigenvalue weighted by Gasteiger charge is 2.43. The number of hydrogen-bond donors (Lipinski definition) is 1. The predicted octanol–water partition coefficient (Wildman–Crippen LogP) is 0.414. The van der Waals surface area contributed by atoms with Crippen molar-refractivity contribution in [2.45, 2.75) is 31.9 Å². The van der Waals surface area contributed by atoms with Gasteiger partial charge in [0.05, 0.1) is 18.8 Å². The lowest BCUT2D eigenvalue weighted by Gasteiger charge is -2.33. The molecule has 1 fully saturated rings. The maximum absolute atomic E-state index is 12.4. The number of methoxy groups -OCH3 is 1. The third kappa shape index (κ3) is 1.86. The summed E-state index contributed by atoms with van der Waals surface area (Å²) in [7, 11) is 3.26. The van der Waals surface area contributed by atoms with E-state index >= 15 is 0 Å². The minimum Gasteiger partial charge on any atom is -0.481 e. The quantitative estimate of drug-likeness (QED) is 0.829. The first-order valence-corrected chi connectivity index (χ1v) is 5.96. The van der Waals surface area contributed by atoms with Gasteiger partial charge < -0.3 is 14.7 Å². The van der Waals surface area contributed by atoms with Crippen LogP contribution in [0.4, 0.5) is 0 Å². The zero-order valence-electron chi connectivity index (χ0n) is 11.2. The Labute approximate surface area is 106 Å². The van der Waals surface area contributed by atoms with Crippen LogP contribution in [0.1, 0.15) is 30.8 Å². The number of aromatic nitrogens is 2. The summed E-state index contributed by atoms with van der Waals surface area (Å²) in [5.74, 6) is 0.367. The van der Waals surface area contributed by atoms with E-state index < -0.39 is 11.6 Å². The van der Waals surface area contributed by atoms with E-state index in [0.717, 1.165) is 0 Å². The van der Waals surface area contributed by atoms with Crippen LogP contribution in [0.15, 0.2) is 6.07 Å². The lowest BCUT2D eigenvalue weighted by atomic mass is 9.98. The molecule has 0 saturated carbocycles. The van der Waals surface area contributed by atoms with Gasteiger partial charge in [0.2, 0.25) is 5.88 Å². The Morgan fingerprint density at radius 3 is 2.72 bits per heavy atom. The number of aryl methyl sites for hydroxylation is 1. The molecule has 0 bridgehead atoms. The number of hydrogen-bond acceptors (Lipinski definition) is 4. The fourth-order valence-electron chi connectivity index (χ4n) is 2.32. The van der Waals surface area contributed by atoms with Gasteiger partial charge in [-0.1, -0.05) is 0 Å². The molecule has 1 aromatic heterocycles. The number of likely N-dealkylation sites (tertiary alicyclic amines) is 1. The minimum atomic E-state index is -0.554. The largest absolute Gasteiger partial charge is 0.481 e. The fourth-order valence-corrected chi connectivity index (χ4v) is 2.32. The molecule has 100 valence electrons. The van der Waals surface area contributed by atoms with Gasteiger partial charge in [-0.25, -0.2) is 4.68 Å². The molecule has 6 heteroatoms. The van der Waals surface area contributed by atoms with Crippen LogP contribution in [0.2, 0.25) is 0 Å². The van der Waals surface area contributed by atoms with Gasteiger partial charge in [-0.15, -0.1) is 0 Å². The van der Waals surface area contributed by atoms with E-state index in [1.54, 1.807) is 18.0 Å². The Balaban J connectivity index is 2.26. The molecule has 1 saturated heterocycles. The SMILES string of the molecule is COc1cc(C(=O)N2CCC(O)C2(C)C)nn1C. The van der Waals surface area contributed by atoms with Crippen molar-refractivity contribution in [2.75, 3.05) is 13.7 Å². The summed E-state index contributed by atoms with van der Waals surface area (Å²) in [5.41, 5.74) is -0.210. The number of amides is 1. The number of aliphatic hydroxyl groups is 1. The van der Waals surface area contributed by atoms with E-state index in [9.17, 15) is 9.90 Å². The molecular formula is C12H19N3O3. The monoisotopic (exact) mass is 253 g/mol. The van der Waals surface area contributed by atoms with Crippen LogP contribution in [-0.4, -0.2) is 51.0 Å². The molecule has 18 heavy (non-hydrogen) atoms. The molecule has 0 aromatic carbocycles. The molecule has 2 rings (SSSR count). The van der Waals surface area contributed by atoms with Gasteiger partial charge in [-0.05, 0) is 20.3 Å². The summed E-state index contributed by atoms with van der Waals surface area (Å²) in [4.78, 5) is 14.0. The predicted molar refractivity (Wildman–Crippen MR) is 65.5 cm³/mol. The van der Waals surface area contributed by atoms with Crippen molar-refractivity contribution in [3.63, 3.8) is 0 Å². The van der Waals surface area contributed by atoms with Crippen LogP contribution in [0, 0.1) is 0 Å². The Bertz CT molecular complexity index is 467. The van der Waals surface area contributed by atoms with E-state index in [1.165, 1.54) is 11.8 Å². The molecule has 0 aliphatic carbocycles. The summed E-state index contributed by atoms with van der Waals surface area (Å²) in [6.07, 6.45) is 0.106. The molecule has 2 heterocycles. The molecule has 1 amide bonds. The van der Waals surface area contributed by atoms with Crippen molar-refractivity contribution in [1.82, 2.24) is 14.7 Å². The second kappa shape index (κ2) is 4.28. The van der Waals surface area contributed by atoms with Gasteiger partial charge in [0.25, 0.3) is 5.91 Å². The normalized spacial score (nSPS) is 22.3. The lowest BCUT2D eigenvalue weighted by molar-refractivity contribution is 0.0389. The highest BCUT2D eigenvalue weighted by atomic mass is 16.5. The van der Waals surface area contributed by atoms with Crippen LogP contribution >= 0.6 is 0 Å². The van der Waals surface area contributed by atoms with Crippen molar-refractivity contribution in [1.29, 1.82) is 0 Å². The summed E-state index contributed by atoms with van der Waals surface area (Å²) in [6.45, 7) is 4.28. The number of nitrogens with zero attached hydrogens (tertiary/aromatic N) is 3. The number of carbonyl (C=O) groups is 1. The average molecular weight is 253 g/mol. The van der Waals surface area contributed by atoms with Gasteiger partial charge in [0.15, 0.2) is 5.69 Å². The Morgan fingerprint density at radius 2 is 2.28 bits per heavy atom. The molecule has 0 radical (unpaired) electrons. The van der Waals surface area contributed by atoms with Gasteiger partial charge in [0, 0.05) is 19.7 Å². The highest BCUT2D eigenvalue weighted by molar-refractivity contribution is 5.93.